The molecule has 1 aromatic rings. The molecule has 1 N–H and O–H groups in total. The van der Waals surface area contributed by atoms with Crippen molar-refractivity contribution >= 4 is 17.4 Å². The van der Waals surface area contributed by atoms with E-state index < -0.39 is 28.0 Å². The molecule has 2 bridgehead atoms. The maximum atomic E-state index is 12.9. The largest absolute Gasteiger partial charge is 0.416 e. The summed E-state index contributed by atoms with van der Waals surface area (Å²) >= 11 is 0. The van der Waals surface area contributed by atoms with Crippen LogP contribution in [-0.4, -0.2) is 11.7 Å². The number of nitrogens with one attached hydrogen (secondary N) is 1. The molecule has 0 aromatic heterocycles. The molecule has 0 radical (unpaired) electrons. The summed E-state index contributed by atoms with van der Waals surface area (Å²) in [6, 6.07) is 4.37. The number of carbonyl (C=O) groups is 2. The second-order valence-corrected chi connectivity index (χ2v) is 7.67. The molecular formula is C18H20F3NO2. The molecule has 2 fully saturated rings. The molecule has 0 saturated heterocycles. The second-order valence-electron chi connectivity index (χ2n) is 7.67. The lowest BCUT2D eigenvalue weighted by molar-refractivity contribution is -0.137. The van der Waals surface area contributed by atoms with Crippen LogP contribution in [0, 0.1) is 16.2 Å². The molecule has 6 heteroatoms. The highest BCUT2D eigenvalue weighted by molar-refractivity contribution is 6.04. The number of amides is 1. The number of benzene rings is 1. The summed E-state index contributed by atoms with van der Waals surface area (Å²) in [6.07, 6.45) is -2.93. The minimum absolute atomic E-state index is 0.0984. The number of rotatable bonds is 2. The molecule has 0 spiro atoms. The summed E-state index contributed by atoms with van der Waals surface area (Å²) in [7, 11) is 0. The molecule has 0 aliphatic heterocycles. The standard InChI is InChI=1S/C18H20F3NO2/c1-15(2)16(3)8-9-17(15,10-13(16)23)14(24)22-12-6-4-11(5-7-12)18(19,20)21/h4-7H,8-10H2,1-3H3,(H,22,24)/t16-,17+/m1/s1. The predicted molar refractivity (Wildman–Crippen MR) is 83.3 cm³/mol. The van der Waals surface area contributed by atoms with Crippen molar-refractivity contribution in [1.29, 1.82) is 0 Å². The lowest BCUT2D eigenvalue weighted by Gasteiger charge is -2.38. The fraction of sp³-hybridized carbons (Fsp3) is 0.556. The summed E-state index contributed by atoms with van der Waals surface area (Å²) in [5.74, 6) is -0.178. The molecule has 2 aliphatic carbocycles. The molecule has 1 amide bonds. The SMILES string of the molecule is CC1(C)[C@@]2(C(=O)Nc3ccc(C(F)(F)F)cc3)CC[C@]1(C)C(=O)C2. The van der Waals surface area contributed by atoms with E-state index in [9.17, 15) is 22.8 Å². The van der Waals surface area contributed by atoms with Gasteiger partial charge in [0, 0.05) is 17.5 Å². The van der Waals surface area contributed by atoms with E-state index in [0.29, 0.717) is 18.5 Å². The van der Waals surface area contributed by atoms with Crippen molar-refractivity contribution in [2.45, 2.75) is 46.2 Å². The van der Waals surface area contributed by atoms with E-state index in [2.05, 4.69) is 5.32 Å². The number of alkyl halides is 3. The van der Waals surface area contributed by atoms with E-state index in [-0.39, 0.29) is 18.1 Å². The first kappa shape index (κ1) is 17.0. The second kappa shape index (κ2) is 4.83. The van der Waals surface area contributed by atoms with E-state index in [4.69, 9.17) is 0 Å². The van der Waals surface area contributed by atoms with E-state index in [1.54, 1.807) is 0 Å². The molecular weight excluding hydrogens is 319 g/mol. The highest BCUT2D eigenvalue weighted by atomic mass is 19.4. The lowest BCUT2D eigenvalue weighted by Crippen LogP contribution is -2.43. The van der Waals surface area contributed by atoms with Crippen LogP contribution in [0.25, 0.3) is 0 Å². The van der Waals surface area contributed by atoms with Crippen LogP contribution < -0.4 is 5.32 Å². The van der Waals surface area contributed by atoms with Crippen LogP contribution in [0.5, 0.6) is 0 Å². The zero-order valence-electron chi connectivity index (χ0n) is 13.9. The van der Waals surface area contributed by atoms with Gasteiger partial charge in [-0.15, -0.1) is 0 Å². The summed E-state index contributed by atoms with van der Waals surface area (Å²) in [6.45, 7) is 5.80. The summed E-state index contributed by atoms with van der Waals surface area (Å²) in [4.78, 5) is 25.3. The third-order valence-electron chi connectivity index (χ3n) is 6.61. The van der Waals surface area contributed by atoms with Crippen molar-refractivity contribution in [3.05, 3.63) is 29.8 Å². The highest BCUT2D eigenvalue weighted by Crippen LogP contribution is 2.70. The Hall–Kier alpha value is -1.85. The molecule has 1 aromatic carbocycles. The molecule has 3 nitrogen and oxygen atoms in total. The topological polar surface area (TPSA) is 46.2 Å². The van der Waals surface area contributed by atoms with Gasteiger partial charge in [-0.2, -0.15) is 13.2 Å². The molecule has 24 heavy (non-hydrogen) atoms. The lowest BCUT2D eigenvalue weighted by atomic mass is 9.64. The molecule has 2 aliphatic rings. The van der Waals surface area contributed by atoms with Crippen molar-refractivity contribution in [3.63, 3.8) is 0 Å². The number of ketones is 1. The van der Waals surface area contributed by atoms with Gasteiger partial charge in [-0.1, -0.05) is 20.8 Å². The zero-order valence-corrected chi connectivity index (χ0v) is 13.9. The molecule has 3 rings (SSSR count). The first-order valence-electron chi connectivity index (χ1n) is 7.96. The van der Waals surface area contributed by atoms with Gasteiger partial charge in [-0.25, -0.2) is 0 Å². The third-order valence-corrected chi connectivity index (χ3v) is 6.61. The minimum Gasteiger partial charge on any atom is -0.326 e. The Morgan fingerprint density at radius 3 is 2.08 bits per heavy atom. The Labute approximate surface area is 138 Å². The number of hydrogen-bond donors (Lipinski definition) is 1. The number of carbonyl (C=O) groups excluding carboxylic acids is 2. The van der Waals surface area contributed by atoms with Gasteiger partial charge in [0.05, 0.1) is 11.0 Å². The van der Waals surface area contributed by atoms with Gasteiger partial charge in [-0.3, -0.25) is 9.59 Å². The van der Waals surface area contributed by atoms with Crippen LogP contribution in [0.1, 0.15) is 45.6 Å². The van der Waals surface area contributed by atoms with Crippen LogP contribution >= 0.6 is 0 Å². The zero-order chi connectivity index (χ0) is 18.0. The average Bonchev–Trinajstić information content (AvgIpc) is 2.77. The van der Waals surface area contributed by atoms with Crippen LogP contribution in [0.3, 0.4) is 0 Å². The van der Waals surface area contributed by atoms with Crippen molar-refractivity contribution in [3.8, 4) is 0 Å². The van der Waals surface area contributed by atoms with Crippen LogP contribution in [0.4, 0.5) is 18.9 Å². The summed E-state index contributed by atoms with van der Waals surface area (Å²) in [5, 5.41) is 2.72. The van der Waals surface area contributed by atoms with Gasteiger partial charge >= 0.3 is 6.18 Å². The molecule has 2 atom stereocenters. The van der Waals surface area contributed by atoms with E-state index in [1.807, 2.05) is 20.8 Å². The van der Waals surface area contributed by atoms with E-state index >= 15 is 0 Å². The minimum atomic E-state index is -4.41. The number of Topliss-reactive ketones (excluding diaryl/α,β-unsaturated/α-hetero) is 1. The average molecular weight is 339 g/mol. The van der Waals surface area contributed by atoms with Crippen molar-refractivity contribution < 1.29 is 22.8 Å². The van der Waals surface area contributed by atoms with Gasteiger partial charge in [0.1, 0.15) is 5.78 Å². The smallest absolute Gasteiger partial charge is 0.326 e. The quantitative estimate of drug-likeness (QED) is 0.866. The number of fused-ring (bicyclic) bond motifs is 2. The van der Waals surface area contributed by atoms with Crippen molar-refractivity contribution in [2.75, 3.05) is 5.32 Å². The monoisotopic (exact) mass is 339 g/mol. The Bertz CT molecular complexity index is 708. The fourth-order valence-corrected chi connectivity index (χ4v) is 4.35. The predicted octanol–water partition coefficient (Wildman–Crippen LogP) is 4.43. The Balaban J connectivity index is 1.85. The van der Waals surface area contributed by atoms with Gasteiger partial charge in [0.15, 0.2) is 0 Å². The van der Waals surface area contributed by atoms with Crippen LogP contribution in [-0.2, 0) is 15.8 Å². The number of anilines is 1. The van der Waals surface area contributed by atoms with Gasteiger partial charge < -0.3 is 5.32 Å². The molecule has 0 heterocycles. The third kappa shape index (κ3) is 2.04. The molecule has 2 saturated carbocycles. The van der Waals surface area contributed by atoms with E-state index in [0.717, 1.165) is 12.1 Å². The molecule has 0 unspecified atom stereocenters. The Morgan fingerprint density at radius 2 is 1.67 bits per heavy atom. The fourth-order valence-electron chi connectivity index (χ4n) is 4.35. The van der Waals surface area contributed by atoms with Crippen molar-refractivity contribution in [1.82, 2.24) is 0 Å². The Morgan fingerprint density at radius 1 is 1.08 bits per heavy atom. The Kier molecular flexibility index (Phi) is 3.42. The summed E-state index contributed by atoms with van der Waals surface area (Å²) < 4.78 is 37.8. The van der Waals surface area contributed by atoms with Gasteiger partial charge in [0.2, 0.25) is 5.91 Å². The number of halogens is 3. The van der Waals surface area contributed by atoms with Crippen LogP contribution in [0.15, 0.2) is 24.3 Å². The highest BCUT2D eigenvalue weighted by Gasteiger charge is 2.72. The maximum absolute atomic E-state index is 12.9. The van der Waals surface area contributed by atoms with Gasteiger partial charge in [-0.05, 0) is 42.5 Å². The summed E-state index contributed by atoms with van der Waals surface area (Å²) in [5.41, 5.74) is -2.23. The maximum Gasteiger partial charge on any atom is 0.416 e. The van der Waals surface area contributed by atoms with Crippen LogP contribution in [0.2, 0.25) is 0 Å². The van der Waals surface area contributed by atoms with Gasteiger partial charge in [0.25, 0.3) is 0 Å². The number of hydrogen-bond acceptors (Lipinski definition) is 2. The first-order chi connectivity index (χ1) is 10.9. The van der Waals surface area contributed by atoms with Crippen molar-refractivity contribution in [2.24, 2.45) is 16.2 Å². The first-order valence-corrected chi connectivity index (χ1v) is 7.96. The molecule has 130 valence electrons. The van der Waals surface area contributed by atoms with E-state index in [1.165, 1.54) is 12.1 Å². The normalized spacial score (nSPS) is 31.3.